The molecule has 0 bridgehead atoms. The quantitative estimate of drug-likeness (QED) is 0.267. The fraction of sp³-hybridized carbons (Fsp3) is 0.806. The second-order valence-corrected chi connectivity index (χ2v) is 18.2. The summed E-state index contributed by atoms with van der Waals surface area (Å²) in [5.74, 6) is 1.06. The van der Waals surface area contributed by atoms with Gasteiger partial charge in [0.15, 0.2) is 0 Å². The average Bonchev–Trinajstić information content (AvgIpc) is 3.32. The van der Waals surface area contributed by atoms with Crippen molar-refractivity contribution in [1.82, 2.24) is 10.0 Å². The molecule has 4 aliphatic rings. The number of halogens is 1. The number of aliphatic hydroxyl groups is 2. The molecule has 4 unspecified atom stereocenters. The van der Waals surface area contributed by atoms with Gasteiger partial charge < -0.3 is 15.5 Å². The molecule has 4 aliphatic carbocycles. The van der Waals surface area contributed by atoms with Gasteiger partial charge in [0.05, 0.1) is 17.1 Å². The highest BCUT2D eigenvalue weighted by atomic mass is 32.2. The van der Waals surface area contributed by atoms with Crippen molar-refractivity contribution in [3.05, 3.63) is 29.8 Å². The van der Waals surface area contributed by atoms with E-state index in [2.05, 4.69) is 58.5 Å². The second kappa shape index (κ2) is 12.4. The van der Waals surface area contributed by atoms with Gasteiger partial charge in [0.25, 0.3) is 10.0 Å². The molecule has 12 atom stereocenters. The maximum absolute atomic E-state index is 15.6. The van der Waals surface area contributed by atoms with Crippen molar-refractivity contribution >= 4 is 16.1 Å². The summed E-state index contributed by atoms with van der Waals surface area (Å²) in [6, 6.07) is 5.90. The minimum absolute atomic E-state index is 0.0527. The minimum Gasteiger partial charge on any atom is -0.393 e. The van der Waals surface area contributed by atoms with Gasteiger partial charge >= 0.3 is 6.03 Å². The number of benzene rings is 1. The van der Waals surface area contributed by atoms with Crippen molar-refractivity contribution in [2.45, 2.75) is 129 Å². The number of rotatable bonds is 7. The maximum atomic E-state index is 15.6. The van der Waals surface area contributed by atoms with Crippen molar-refractivity contribution < 1.29 is 27.8 Å². The predicted octanol–water partition coefficient (Wildman–Crippen LogP) is 6.57. The first-order valence-corrected chi connectivity index (χ1v) is 18.9. The van der Waals surface area contributed by atoms with E-state index in [4.69, 9.17) is 0 Å². The Labute approximate surface area is 270 Å². The van der Waals surface area contributed by atoms with E-state index >= 15 is 4.39 Å². The summed E-state index contributed by atoms with van der Waals surface area (Å²) in [5, 5.41) is 25.1. The molecule has 2 amide bonds. The summed E-state index contributed by atoms with van der Waals surface area (Å²) in [5.41, 5.74) is 0.755. The van der Waals surface area contributed by atoms with Gasteiger partial charge in [-0.2, -0.15) is 0 Å². The monoisotopic (exact) mass is 648 g/mol. The molecular weight excluding hydrogens is 591 g/mol. The molecule has 7 nitrogen and oxygen atoms in total. The number of amides is 2. The van der Waals surface area contributed by atoms with Gasteiger partial charge in [0, 0.05) is 12.5 Å². The van der Waals surface area contributed by atoms with Crippen LogP contribution in [-0.4, -0.2) is 49.6 Å². The van der Waals surface area contributed by atoms with Crippen molar-refractivity contribution in [2.24, 2.45) is 52.3 Å². The number of alkyl halides is 1. The number of hydrogen-bond acceptors (Lipinski definition) is 5. The van der Waals surface area contributed by atoms with E-state index in [0.29, 0.717) is 37.1 Å². The van der Waals surface area contributed by atoms with Gasteiger partial charge in [-0.05, 0) is 114 Å². The van der Waals surface area contributed by atoms with Gasteiger partial charge in [-0.1, -0.05) is 67.0 Å². The van der Waals surface area contributed by atoms with Crippen LogP contribution in [0, 0.1) is 52.3 Å². The lowest BCUT2D eigenvalue weighted by molar-refractivity contribution is -0.222. The van der Waals surface area contributed by atoms with E-state index in [1.54, 1.807) is 12.1 Å². The lowest BCUT2D eigenvalue weighted by Gasteiger charge is -2.65. The van der Waals surface area contributed by atoms with Crippen LogP contribution in [0.15, 0.2) is 29.2 Å². The van der Waals surface area contributed by atoms with E-state index in [1.165, 1.54) is 12.1 Å². The van der Waals surface area contributed by atoms with E-state index in [-0.39, 0.29) is 44.8 Å². The van der Waals surface area contributed by atoms with Gasteiger partial charge in [0.1, 0.15) is 6.17 Å². The lowest BCUT2D eigenvalue weighted by Crippen LogP contribution is -2.65. The summed E-state index contributed by atoms with van der Waals surface area (Å²) < 4.78 is 43.4. The van der Waals surface area contributed by atoms with Crippen LogP contribution in [0.3, 0.4) is 0 Å². The Kier molecular flexibility index (Phi) is 9.53. The molecule has 1 aromatic carbocycles. The molecule has 0 saturated heterocycles. The van der Waals surface area contributed by atoms with E-state index in [1.807, 2.05) is 0 Å². The molecule has 45 heavy (non-hydrogen) atoms. The number of sulfonamides is 1. The first-order valence-electron chi connectivity index (χ1n) is 17.4. The molecular formula is C36H57FN2O5S. The first-order chi connectivity index (χ1) is 21.0. The smallest absolute Gasteiger partial charge is 0.328 e. The van der Waals surface area contributed by atoms with Crippen LogP contribution in [0.5, 0.6) is 0 Å². The largest absolute Gasteiger partial charge is 0.393 e. The maximum Gasteiger partial charge on any atom is 0.328 e. The predicted molar refractivity (Wildman–Crippen MR) is 175 cm³/mol. The second-order valence-electron chi connectivity index (χ2n) is 16.6. The standard InChI is InChI=1S/C36H57FN2O5S/c1-8-24-30-31(37)28(40)16-19-36(30,7)27-15-18-35(6)25(13-14-26(35)29(27)32(24)41)21(2)17-20-38-33(42)39-45(43,44)23-11-9-22(10-12-23)34(3,4)5/h9-12,21,24-32,40-41H,8,13-20H2,1-7H3,(H2,38,39,42)/t21-,24-,25?,26?,27?,28-,29?,30-,31+,32-,35-,36-/m1/s1. The van der Waals surface area contributed by atoms with Crippen LogP contribution in [0.4, 0.5) is 9.18 Å². The highest BCUT2D eigenvalue weighted by molar-refractivity contribution is 7.90. The summed E-state index contributed by atoms with van der Waals surface area (Å²) in [7, 11) is -3.98. The lowest BCUT2D eigenvalue weighted by atomic mass is 9.41. The van der Waals surface area contributed by atoms with Crippen LogP contribution in [0.1, 0.15) is 105 Å². The third-order valence-electron chi connectivity index (χ3n) is 13.3. The number of urea groups is 1. The Balaban J connectivity index is 1.21. The summed E-state index contributed by atoms with van der Waals surface area (Å²) >= 11 is 0. The van der Waals surface area contributed by atoms with E-state index in [0.717, 1.165) is 44.1 Å². The van der Waals surface area contributed by atoms with E-state index < -0.39 is 34.4 Å². The molecule has 0 aliphatic heterocycles. The topological polar surface area (TPSA) is 116 Å². The molecule has 0 heterocycles. The van der Waals surface area contributed by atoms with Crippen LogP contribution in [-0.2, 0) is 15.4 Å². The van der Waals surface area contributed by atoms with Gasteiger partial charge in [-0.25, -0.2) is 22.3 Å². The number of hydrogen-bond donors (Lipinski definition) is 4. The molecule has 0 spiro atoms. The Morgan fingerprint density at radius 3 is 2.27 bits per heavy atom. The molecule has 0 radical (unpaired) electrons. The highest BCUT2D eigenvalue weighted by Gasteiger charge is 2.66. The van der Waals surface area contributed by atoms with Gasteiger partial charge in [-0.15, -0.1) is 0 Å². The SMILES string of the molecule is CC[C@@H]1[C@@H]2[C@@H](F)[C@H](O)CC[C@]2(C)C2CC[C@@]3(C)C(CCC3[C@H](C)CCNC(=O)NS(=O)(=O)c3ccc(C(C)(C)C)cc3)C2[C@@H]1O. The Bertz CT molecular complexity index is 1330. The summed E-state index contributed by atoms with van der Waals surface area (Å²) in [6.07, 6.45) is 4.12. The first kappa shape index (κ1) is 34.6. The molecule has 4 N–H and O–H groups in total. The van der Waals surface area contributed by atoms with Gasteiger partial charge in [0.2, 0.25) is 0 Å². The number of carbonyl (C=O) groups is 1. The Morgan fingerprint density at radius 1 is 1.02 bits per heavy atom. The third-order valence-corrected chi connectivity index (χ3v) is 14.6. The van der Waals surface area contributed by atoms with Gasteiger partial charge in [-0.3, -0.25) is 0 Å². The number of carbonyl (C=O) groups excluding carboxylic acids is 1. The van der Waals surface area contributed by atoms with Crippen molar-refractivity contribution in [2.75, 3.05) is 6.54 Å². The molecule has 1 aromatic rings. The zero-order chi connectivity index (χ0) is 33.1. The van der Waals surface area contributed by atoms with E-state index in [9.17, 15) is 23.4 Å². The minimum atomic E-state index is -3.98. The van der Waals surface area contributed by atoms with Crippen molar-refractivity contribution in [3.8, 4) is 0 Å². The Morgan fingerprint density at radius 2 is 1.64 bits per heavy atom. The molecule has 4 saturated carbocycles. The molecule has 9 heteroatoms. The number of nitrogens with one attached hydrogen (secondary N) is 2. The zero-order valence-corrected chi connectivity index (χ0v) is 29.2. The molecule has 0 aromatic heterocycles. The number of aliphatic hydroxyl groups excluding tert-OH is 2. The average molecular weight is 649 g/mol. The molecule has 5 rings (SSSR count). The molecule has 254 valence electrons. The zero-order valence-electron chi connectivity index (χ0n) is 28.4. The van der Waals surface area contributed by atoms with Crippen LogP contribution < -0.4 is 10.0 Å². The van der Waals surface area contributed by atoms with Crippen molar-refractivity contribution in [1.29, 1.82) is 0 Å². The number of fused-ring (bicyclic) bond motifs is 5. The fourth-order valence-electron chi connectivity index (χ4n) is 10.9. The highest BCUT2D eigenvalue weighted by Crippen LogP contribution is 2.69. The summed E-state index contributed by atoms with van der Waals surface area (Å²) in [6.45, 7) is 15.5. The van der Waals surface area contributed by atoms with Crippen LogP contribution in [0.25, 0.3) is 0 Å². The fourth-order valence-corrected chi connectivity index (χ4v) is 11.8. The van der Waals surface area contributed by atoms with Crippen molar-refractivity contribution in [3.63, 3.8) is 0 Å². The normalized spacial score (nSPS) is 40.5. The Hall–Kier alpha value is -1.71. The van der Waals surface area contributed by atoms with Crippen LogP contribution >= 0.6 is 0 Å². The summed E-state index contributed by atoms with van der Waals surface area (Å²) in [4.78, 5) is 12.7. The van der Waals surface area contributed by atoms with Crippen LogP contribution in [0.2, 0.25) is 0 Å². The third kappa shape index (κ3) is 6.08. The molecule has 4 fully saturated rings.